The average molecular weight is 274 g/mol. The summed E-state index contributed by atoms with van der Waals surface area (Å²) in [6.45, 7) is 2.90. The molecule has 3 rings (SSSR count). The highest BCUT2D eigenvalue weighted by atomic mass is 32.2. The van der Waals surface area contributed by atoms with E-state index < -0.39 is 0 Å². The Morgan fingerprint density at radius 2 is 2.42 bits per heavy atom. The van der Waals surface area contributed by atoms with Gasteiger partial charge in [0.15, 0.2) is 0 Å². The van der Waals surface area contributed by atoms with Gasteiger partial charge in [-0.2, -0.15) is 0 Å². The van der Waals surface area contributed by atoms with Gasteiger partial charge in [-0.1, -0.05) is 0 Å². The quantitative estimate of drug-likeness (QED) is 0.875. The third kappa shape index (κ3) is 2.08. The van der Waals surface area contributed by atoms with Gasteiger partial charge in [0.05, 0.1) is 10.6 Å². The molecule has 98 valence electrons. The van der Waals surface area contributed by atoms with Crippen LogP contribution in [0.1, 0.15) is 5.56 Å². The number of carbonyl (C=O) groups excluding carboxylic acids is 1. The van der Waals surface area contributed by atoms with Gasteiger partial charge < -0.3 is 15.6 Å². The maximum absolute atomic E-state index is 11.3. The van der Waals surface area contributed by atoms with Gasteiger partial charge in [-0.05, 0) is 18.6 Å². The van der Waals surface area contributed by atoms with E-state index in [1.54, 1.807) is 6.20 Å². The van der Waals surface area contributed by atoms with Crippen LogP contribution in [0.3, 0.4) is 0 Å². The third-order valence-corrected chi connectivity index (χ3v) is 4.17. The van der Waals surface area contributed by atoms with E-state index in [0.29, 0.717) is 4.91 Å². The largest absolute Gasteiger partial charge is 0.365 e. The molecule has 0 aromatic carbocycles. The Morgan fingerprint density at radius 1 is 1.58 bits per heavy atom. The molecule has 19 heavy (non-hydrogen) atoms. The van der Waals surface area contributed by atoms with Crippen molar-refractivity contribution in [3.05, 3.63) is 35.1 Å². The smallest absolute Gasteiger partial charge is 0.256 e. The minimum atomic E-state index is -0.370. The number of carbonyl (C=O) groups is 1. The Hall–Kier alpha value is -1.95. The Labute approximate surface area is 114 Å². The molecule has 5 nitrogen and oxygen atoms in total. The molecule has 0 atom stereocenters. The van der Waals surface area contributed by atoms with Gasteiger partial charge in [-0.3, -0.25) is 4.79 Å². The van der Waals surface area contributed by atoms with Crippen LogP contribution in [0.2, 0.25) is 0 Å². The van der Waals surface area contributed by atoms with Crippen molar-refractivity contribution in [3.8, 4) is 0 Å². The fourth-order valence-electron chi connectivity index (χ4n) is 2.26. The van der Waals surface area contributed by atoms with Crippen LogP contribution >= 0.6 is 11.8 Å². The molecule has 1 amide bonds. The third-order valence-electron chi connectivity index (χ3n) is 3.16. The molecule has 0 bridgehead atoms. The monoisotopic (exact) mass is 274 g/mol. The van der Waals surface area contributed by atoms with Crippen LogP contribution in [-0.4, -0.2) is 28.2 Å². The lowest BCUT2D eigenvalue weighted by Gasteiger charge is -2.26. The first kappa shape index (κ1) is 12.1. The summed E-state index contributed by atoms with van der Waals surface area (Å²) in [4.78, 5) is 21.4. The van der Waals surface area contributed by atoms with E-state index in [9.17, 15) is 4.79 Å². The van der Waals surface area contributed by atoms with E-state index in [1.807, 2.05) is 25.4 Å². The summed E-state index contributed by atoms with van der Waals surface area (Å²) in [6, 6.07) is 1.97. The number of aryl methyl sites for hydroxylation is 1. The Kier molecular flexibility index (Phi) is 2.94. The van der Waals surface area contributed by atoms with Crippen LogP contribution in [0.5, 0.6) is 0 Å². The van der Waals surface area contributed by atoms with E-state index in [-0.39, 0.29) is 5.91 Å². The first-order chi connectivity index (χ1) is 9.16. The highest BCUT2D eigenvalue weighted by Crippen LogP contribution is 2.32. The normalized spacial score (nSPS) is 15.6. The number of pyridine rings is 1. The molecule has 0 saturated heterocycles. The standard InChI is InChI=1S/C13H14N4OS/c1-8-6-16-13-11(8)9(2-3-15-13)17-4-5-19-10(7-17)12(14)18/h2-3,6-7H,4-5H2,1H3,(H2,14,18)(H,15,16). The highest BCUT2D eigenvalue weighted by Gasteiger charge is 2.18. The van der Waals surface area contributed by atoms with Crippen molar-refractivity contribution >= 4 is 34.4 Å². The molecule has 1 aliphatic rings. The Balaban J connectivity index is 2.11. The number of H-pyrrole nitrogens is 1. The number of anilines is 1. The van der Waals surface area contributed by atoms with E-state index in [0.717, 1.165) is 34.6 Å². The topological polar surface area (TPSA) is 75.0 Å². The van der Waals surface area contributed by atoms with Crippen molar-refractivity contribution in [3.63, 3.8) is 0 Å². The van der Waals surface area contributed by atoms with Gasteiger partial charge in [-0.15, -0.1) is 11.8 Å². The number of amides is 1. The van der Waals surface area contributed by atoms with Crippen molar-refractivity contribution in [2.75, 3.05) is 17.2 Å². The number of aromatic nitrogens is 2. The number of fused-ring (bicyclic) bond motifs is 1. The molecular formula is C13H14N4OS. The Morgan fingerprint density at radius 3 is 3.21 bits per heavy atom. The number of rotatable bonds is 2. The summed E-state index contributed by atoms with van der Waals surface area (Å²) in [5, 5.41) is 1.09. The minimum Gasteiger partial charge on any atom is -0.365 e. The fraction of sp³-hybridized carbons (Fsp3) is 0.231. The molecule has 0 radical (unpaired) electrons. The minimum absolute atomic E-state index is 0.370. The van der Waals surface area contributed by atoms with E-state index >= 15 is 0 Å². The number of nitrogens with one attached hydrogen (secondary N) is 1. The van der Waals surface area contributed by atoms with Gasteiger partial charge in [0.25, 0.3) is 5.91 Å². The van der Waals surface area contributed by atoms with Crippen LogP contribution in [0, 0.1) is 6.92 Å². The van der Waals surface area contributed by atoms with Crippen LogP contribution in [0.4, 0.5) is 5.69 Å². The van der Waals surface area contributed by atoms with Crippen molar-refractivity contribution in [2.24, 2.45) is 5.73 Å². The highest BCUT2D eigenvalue weighted by molar-refractivity contribution is 8.04. The second kappa shape index (κ2) is 4.62. The lowest BCUT2D eigenvalue weighted by molar-refractivity contribution is -0.113. The molecule has 0 spiro atoms. The SMILES string of the molecule is Cc1c[nH]c2nccc(N3C=C(C(N)=O)SCC3)c12. The molecule has 6 heteroatoms. The molecule has 3 heterocycles. The summed E-state index contributed by atoms with van der Waals surface area (Å²) in [7, 11) is 0. The second-order valence-electron chi connectivity index (χ2n) is 4.42. The summed E-state index contributed by atoms with van der Waals surface area (Å²) in [5.41, 5.74) is 8.42. The van der Waals surface area contributed by atoms with Crippen molar-refractivity contribution in [1.82, 2.24) is 9.97 Å². The van der Waals surface area contributed by atoms with Crippen LogP contribution < -0.4 is 10.6 Å². The zero-order valence-corrected chi connectivity index (χ0v) is 11.3. The van der Waals surface area contributed by atoms with E-state index in [1.165, 1.54) is 11.8 Å². The molecule has 0 unspecified atom stereocenters. The van der Waals surface area contributed by atoms with Gasteiger partial charge >= 0.3 is 0 Å². The summed E-state index contributed by atoms with van der Waals surface area (Å²) >= 11 is 1.50. The Bertz CT molecular complexity index is 676. The van der Waals surface area contributed by atoms with Crippen LogP contribution in [0.25, 0.3) is 11.0 Å². The average Bonchev–Trinajstić information content (AvgIpc) is 2.81. The number of nitrogens with zero attached hydrogens (tertiary/aromatic N) is 2. The molecule has 1 aliphatic heterocycles. The summed E-state index contributed by atoms with van der Waals surface area (Å²) in [6.07, 6.45) is 5.55. The zero-order valence-electron chi connectivity index (χ0n) is 10.5. The molecule has 2 aromatic rings. The number of primary amides is 1. The van der Waals surface area contributed by atoms with Gasteiger partial charge in [-0.25, -0.2) is 4.98 Å². The second-order valence-corrected chi connectivity index (χ2v) is 5.56. The van der Waals surface area contributed by atoms with Crippen molar-refractivity contribution < 1.29 is 4.79 Å². The fourth-order valence-corrected chi connectivity index (χ4v) is 3.11. The van der Waals surface area contributed by atoms with E-state index in [2.05, 4.69) is 14.9 Å². The maximum Gasteiger partial charge on any atom is 0.256 e. The predicted molar refractivity (Wildman–Crippen MR) is 77.9 cm³/mol. The number of hydrogen-bond donors (Lipinski definition) is 2. The molecule has 0 saturated carbocycles. The summed E-state index contributed by atoms with van der Waals surface area (Å²) in [5.74, 6) is 0.480. The molecule has 2 aromatic heterocycles. The summed E-state index contributed by atoms with van der Waals surface area (Å²) < 4.78 is 0. The maximum atomic E-state index is 11.3. The number of aromatic amines is 1. The van der Waals surface area contributed by atoms with E-state index in [4.69, 9.17) is 5.73 Å². The lowest BCUT2D eigenvalue weighted by Crippen LogP contribution is -2.27. The van der Waals surface area contributed by atoms with Crippen molar-refractivity contribution in [2.45, 2.75) is 6.92 Å². The van der Waals surface area contributed by atoms with Crippen LogP contribution in [-0.2, 0) is 4.79 Å². The lowest BCUT2D eigenvalue weighted by atomic mass is 10.2. The predicted octanol–water partition coefficient (Wildman–Crippen LogP) is 1.75. The molecular weight excluding hydrogens is 260 g/mol. The van der Waals surface area contributed by atoms with Gasteiger partial charge in [0.2, 0.25) is 0 Å². The first-order valence-electron chi connectivity index (χ1n) is 6.00. The van der Waals surface area contributed by atoms with Crippen LogP contribution in [0.15, 0.2) is 29.6 Å². The zero-order chi connectivity index (χ0) is 13.4. The molecule has 3 N–H and O–H groups in total. The molecule has 0 fully saturated rings. The van der Waals surface area contributed by atoms with Gasteiger partial charge in [0.1, 0.15) is 5.65 Å². The first-order valence-corrected chi connectivity index (χ1v) is 6.99. The van der Waals surface area contributed by atoms with Crippen molar-refractivity contribution in [1.29, 1.82) is 0 Å². The van der Waals surface area contributed by atoms with Gasteiger partial charge in [0, 0.05) is 36.3 Å². The number of hydrogen-bond acceptors (Lipinski definition) is 4. The molecule has 0 aliphatic carbocycles. The number of nitrogens with two attached hydrogens (primary N) is 1. The number of thioether (sulfide) groups is 1.